The fourth-order valence-corrected chi connectivity index (χ4v) is 3.50. The van der Waals surface area contributed by atoms with E-state index in [9.17, 15) is 13.2 Å². The Morgan fingerprint density at radius 2 is 2.00 bits per heavy atom. The van der Waals surface area contributed by atoms with Gasteiger partial charge in [-0.3, -0.25) is 4.98 Å². The molecule has 0 saturated heterocycles. The number of halogens is 3. The van der Waals surface area contributed by atoms with E-state index in [4.69, 9.17) is 0 Å². The lowest BCUT2D eigenvalue weighted by atomic mass is 10.0. The molecule has 1 aromatic carbocycles. The van der Waals surface area contributed by atoms with Crippen LogP contribution in [0.25, 0.3) is 23.2 Å². The summed E-state index contributed by atoms with van der Waals surface area (Å²) in [6.45, 7) is 1.53. The monoisotopic (exact) mass is 357 g/mol. The van der Waals surface area contributed by atoms with Crippen molar-refractivity contribution in [3.05, 3.63) is 65.1 Å². The van der Waals surface area contributed by atoms with Gasteiger partial charge in [-0.1, -0.05) is 6.07 Å². The van der Waals surface area contributed by atoms with Gasteiger partial charge < -0.3 is 9.47 Å². The number of benzene rings is 1. The SMILES string of the molecule is CN1CCc2c(c3cc(C(F)(F)F)ccc3n2C=Cc2ccccn2)C1. The van der Waals surface area contributed by atoms with Gasteiger partial charge in [-0.05, 0) is 49.0 Å². The first kappa shape index (κ1) is 16.8. The summed E-state index contributed by atoms with van der Waals surface area (Å²) in [4.78, 5) is 6.41. The maximum absolute atomic E-state index is 13.2. The van der Waals surface area contributed by atoms with Crippen molar-refractivity contribution in [3.8, 4) is 0 Å². The molecule has 0 unspecified atom stereocenters. The summed E-state index contributed by atoms with van der Waals surface area (Å²) in [6, 6.07) is 9.64. The summed E-state index contributed by atoms with van der Waals surface area (Å²) in [6.07, 6.45) is 1.97. The smallest absolute Gasteiger partial charge is 0.320 e. The third kappa shape index (κ3) is 3.01. The predicted molar refractivity (Wildman–Crippen MR) is 96.4 cm³/mol. The molecule has 134 valence electrons. The molecule has 1 aliphatic heterocycles. The summed E-state index contributed by atoms with van der Waals surface area (Å²) in [5.74, 6) is 0. The average Bonchev–Trinajstić information content (AvgIpc) is 2.92. The summed E-state index contributed by atoms with van der Waals surface area (Å²) >= 11 is 0. The second kappa shape index (κ2) is 6.29. The highest BCUT2D eigenvalue weighted by Crippen LogP contribution is 2.36. The molecule has 0 amide bonds. The van der Waals surface area contributed by atoms with E-state index in [2.05, 4.69) is 9.88 Å². The van der Waals surface area contributed by atoms with Crippen LogP contribution in [0.2, 0.25) is 0 Å². The van der Waals surface area contributed by atoms with Gasteiger partial charge >= 0.3 is 6.18 Å². The number of hydrogen-bond donors (Lipinski definition) is 0. The number of aromatic nitrogens is 2. The van der Waals surface area contributed by atoms with Crippen LogP contribution in [0.4, 0.5) is 13.2 Å². The van der Waals surface area contributed by atoms with Crippen molar-refractivity contribution < 1.29 is 13.2 Å². The third-order valence-corrected chi connectivity index (χ3v) is 4.79. The number of nitrogens with zero attached hydrogens (tertiary/aromatic N) is 3. The van der Waals surface area contributed by atoms with E-state index < -0.39 is 11.7 Å². The van der Waals surface area contributed by atoms with Crippen molar-refractivity contribution in [1.29, 1.82) is 0 Å². The van der Waals surface area contributed by atoms with Crippen molar-refractivity contribution in [2.24, 2.45) is 0 Å². The summed E-state index contributed by atoms with van der Waals surface area (Å²) in [5, 5.41) is 0.673. The van der Waals surface area contributed by atoms with Gasteiger partial charge in [0.1, 0.15) is 0 Å². The first-order chi connectivity index (χ1) is 12.4. The van der Waals surface area contributed by atoms with Crippen LogP contribution in [0.5, 0.6) is 0 Å². The highest BCUT2D eigenvalue weighted by molar-refractivity contribution is 5.89. The van der Waals surface area contributed by atoms with E-state index in [1.54, 1.807) is 12.3 Å². The van der Waals surface area contributed by atoms with Gasteiger partial charge in [0.25, 0.3) is 0 Å². The molecule has 0 spiro atoms. The number of alkyl halides is 3. The molecule has 0 aliphatic carbocycles. The topological polar surface area (TPSA) is 21.1 Å². The zero-order valence-electron chi connectivity index (χ0n) is 14.3. The molecular weight excluding hydrogens is 339 g/mol. The Kier molecular flexibility index (Phi) is 4.07. The van der Waals surface area contributed by atoms with E-state index in [1.165, 1.54) is 6.07 Å². The van der Waals surface area contributed by atoms with Crippen molar-refractivity contribution >= 4 is 23.2 Å². The molecule has 0 atom stereocenters. The van der Waals surface area contributed by atoms with Crippen LogP contribution in [0.15, 0.2) is 42.6 Å². The molecule has 6 heteroatoms. The zero-order chi connectivity index (χ0) is 18.3. The normalized spacial score (nSPS) is 15.7. The molecule has 0 N–H and O–H groups in total. The molecule has 0 radical (unpaired) electrons. The first-order valence-corrected chi connectivity index (χ1v) is 8.44. The number of rotatable bonds is 2. The third-order valence-electron chi connectivity index (χ3n) is 4.79. The van der Waals surface area contributed by atoms with Gasteiger partial charge in [-0.2, -0.15) is 13.2 Å². The average molecular weight is 357 g/mol. The Labute approximate surface area is 149 Å². The number of hydrogen-bond acceptors (Lipinski definition) is 2. The van der Waals surface area contributed by atoms with Crippen LogP contribution >= 0.6 is 0 Å². The minimum atomic E-state index is -4.34. The number of fused-ring (bicyclic) bond motifs is 3. The molecule has 2 aromatic heterocycles. The molecule has 0 saturated carbocycles. The van der Waals surface area contributed by atoms with E-state index >= 15 is 0 Å². The molecule has 0 bridgehead atoms. The van der Waals surface area contributed by atoms with E-state index in [0.717, 1.165) is 41.5 Å². The summed E-state index contributed by atoms with van der Waals surface area (Å²) < 4.78 is 41.5. The Morgan fingerprint density at radius 3 is 2.73 bits per heavy atom. The van der Waals surface area contributed by atoms with Gasteiger partial charge in [0.05, 0.1) is 16.8 Å². The Bertz CT molecular complexity index is 971. The van der Waals surface area contributed by atoms with Crippen LogP contribution in [0, 0.1) is 0 Å². The van der Waals surface area contributed by atoms with Crippen molar-refractivity contribution in [1.82, 2.24) is 14.5 Å². The fraction of sp³-hybridized carbons (Fsp3) is 0.250. The van der Waals surface area contributed by atoms with Crippen molar-refractivity contribution in [3.63, 3.8) is 0 Å². The molecule has 3 nitrogen and oxygen atoms in total. The second-order valence-electron chi connectivity index (χ2n) is 6.58. The van der Waals surface area contributed by atoms with Gasteiger partial charge in [0, 0.05) is 43.0 Å². The minimum Gasteiger partial charge on any atom is -0.320 e. The quantitative estimate of drug-likeness (QED) is 0.664. The Morgan fingerprint density at radius 1 is 1.15 bits per heavy atom. The maximum atomic E-state index is 13.2. The van der Waals surface area contributed by atoms with E-state index in [1.807, 2.05) is 42.1 Å². The Balaban J connectivity index is 1.88. The van der Waals surface area contributed by atoms with Gasteiger partial charge in [0.15, 0.2) is 0 Å². The number of likely N-dealkylation sites (N-methyl/N-ethyl adjacent to an activating group) is 1. The Hall–Kier alpha value is -2.60. The lowest BCUT2D eigenvalue weighted by molar-refractivity contribution is -0.137. The summed E-state index contributed by atoms with van der Waals surface area (Å²) in [5.41, 5.74) is 3.05. The lowest BCUT2D eigenvalue weighted by Gasteiger charge is -2.23. The molecule has 4 rings (SSSR count). The first-order valence-electron chi connectivity index (χ1n) is 8.44. The molecule has 3 heterocycles. The van der Waals surface area contributed by atoms with Crippen LogP contribution in [-0.4, -0.2) is 28.0 Å². The molecule has 3 aromatic rings. The van der Waals surface area contributed by atoms with E-state index in [-0.39, 0.29) is 0 Å². The minimum absolute atomic E-state index is 0.605. The molecule has 26 heavy (non-hydrogen) atoms. The molecule has 1 aliphatic rings. The van der Waals surface area contributed by atoms with Gasteiger partial charge in [-0.15, -0.1) is 0 Å². The molecular formula is C20H18F3N3. The van der Waals surface area contributed by atoms with Gasteiger partial charge in [0.2, 0.25) is 0 Å². The van der Waals surface area contributed by atoms with Crippen LogP contribution in [0.1, 0.15) is 22.5 Å². The standard InChI is InChI=1S/C20H18F3N3/c1-25-10-8-19-17(13-25)16-12-14(20(21,22)23)5-6-18(16)26(19)11-7-15-4-2-3-9-24-15/h2-7,9,11-12H,8,10,13H2,1H3. The van der Waals surface area contributed by atoms with E-state index in [0.29, 0.717) is 11.9 Å². The lowest BCUT2D eigenvalue weighted by Crippen LogP contribution is -2.26. The second-order valence-corrected chi connectivity index (χ2v) is 6.58. The van der Waals surface area contributed by atoms with Crippen LogP contribution in [-0.2, 0) is 19.1 Å². The fourth-order valence-electron chi connectivity index (χ4n) is 3.50. The van der Waals surface area contributed by atoms with Gasteiger partial charge in [-0.25, -0.2) is 0 Å². The van der Waals surface area contributed by atoms with Crippen LogP contribution < -0.4 is 0 Å². The van der Waals surface area contributed by atoms with Crippen molar-refractivity contribution in [2.45, 2.75) is 19.1 Å². The molecule has 0 fully saturated rings. The maximum Gasteiger partial charge on any atom is 0.416 e. The van der Waals surface area contributed by atoms with Crippen LogP contribution in [0.3, 0.4) is 0 Å². The van der Waals surface area contributed by atoms with Crippen molar-refractivity contribution in [2.75, 3.05) is 13.6 Å². The highest BCUT2D eigenvalue weighted by atomic mass is 19.4. The summed E-state index contributed by atoms with van der Waals surface area (Å²) in [7, 11) is 1.99. The highest BCUT2D eigenvalue weighted by Gasteiger charge is 2.32. The number of pyridine rings is 1. The predicted octanol–water partition coefficient (Wildman–Crippen LogP) is 4.67. The zero-order valence-corrected chi connectivity index (χ0v) is 14.3. The largest absolute Gasteiger partial charge is 0.416 e.